The number of likely N-dealkylation sites (N-methyl/N-ethyl adjacent to an activating group) is 1. The molecule has 1 aromatic carbocycles. The van der Waals surface area contributed by atoms with Gasteiger partial charge in [0.25, 0.3) is 0 Å². The number of aryl methyl sites for hydroxylation is 2. The summed E-state index contributed by atoms with van der Waals surface area (Å²) < 4.78 is 1.91. The van der Waals surface area contributed by atoms with Gasteiger partial charge < -0.3 is 5.11 Å². The van der Waals surface area contributed by atoms with E-state index in [1.807, 2.05) is 24.1 Å². The average Bonchev–Trinajstić information content (AvgIpc) is 3.04. The normalized spacial score (nSPS) is 11.5. The number of fused-ring (bicyclic) bond motifs is 1. The number of aliphatic hydroxyl groups excluding tert-OH is 1. The number of rotatable bonds is 6. The summed E-state index contributed by atoms with van der Waals surface area (Å²) in [6.45, 7) is 6.69. The van der Waals surface area contributed by atoms with Crippen LogP contribution in [0, 0.1) is 6.92 Å². The Morgan fingerprint density at radius 1 is 1.25 bits per heavy atom. The largest absolute Gasteiger partial charge is 0.395 e. The molecule has 0 unspecified atom stereocenters. The molecule has 3 rings (SSSR count). The van der Waals surface area contributed by atoms with Crippen molar-refractivity contribution < 1.29 is 5.11 Å². The molecule has 0 atom stereocenters. The van der Waals surface area contributed by atoms with Crippen LogP contribution in [0.15, 0.2) is 36.7 Å². The van der Waals surface area contributed by atoms with Gasteiger partial charge in [-0.1, -0.05) is 12.1 Å². The maximum absolute atomic E-state index is 9.05. The van der Waals surface area contributed by atoms with Crippen LogP contribution in [0.4, 0.5) is 0 Å². The van der Waals surface area contributed by atoms with Gasteiger partial charge in [-0.05, 0) is 44.2 Å². The Kier molecular flexibility index (Phi) is 4.92. The Labute approximate surface area is 142 Å². The first-order valence-electron chi connectivity index (χ1n) is 8.33. The first-order chi connectivity index (χ1) is 11.6. The molecule has 0 bridgehead atoms. The van der Waals surface area contributed by atoms with Crippen LogP contribution >= 0.6 is 0 Å². The Hall–Kier alpha value is -2.24. The van der Waals surface area contributed by atoms with Gasteiger partial charge in [-0.2, -0.15) is 5.10 Å². The van der Waals surface area contributed by atoms with E-state index in [0.717, 1.165) is 29.9 Å². The minimum atomic E-state index is 0.174. The quantitative estimate of drug-likeness (QED) is 0.757. The van der Waals surface area contributed by atoms with Crippen LogP contribution in [0.1, 0.15) is 18.1 Å². The Bertz CT molecular complexity index is 840. The molecule has 3 aromatic rings. The molecular formula is C19H24N4O. The molecule has 0 aliphatic carbocycles. The van der Waals surface area contributed by atoms with Gasteiger partial charge in [-0.25, -0.2) is 4.98 Å². The van der Waals surface area contributed by atoms with E-state index in [1.54, 1.807) is 0 Å². The fourth-order valence-corrected chi connectivity index (χ4v) is 2.92. The lowest BCUT2D eigenvalue weighted by molar-refractivity contribution is 0.217. The SMILES string of the molecule is CCn1cc(-c2cc(C)c3ccc(CN(C)CCO)cc3n2)cn1. The molecule has 0 spiro atoms. The fourth-order valence-electron chi connectivity index (χ4n) is 2.92. The zero-order valence-electron chi connectivity index (χ0n) is 14.5. The van der Waals surface area contributed by atoms with Crippen LogP contribution in [0.5, 0.6) is 0 Å². The molecule has 24 heavy (non-hydrogen) atoms. The van der Waals surface area contributed by atoms with E-state index in [0.29, 0.717) is 6.54 Å². The molecular weight excluding hydrogens is 300 g/mol. The van der Waals surface area contributed by atoms with Gasteiger partial charge in [0, 0.05) is 36.8 Å². The van der Waals surface area contributed by atoms with Crippen molar-refractivity contribution in [3.8, 4) is 11.3 Å². The maximum atomic E-state index is 9.05. The lowest BCUT2D eigenvalue weighted by atomic mass is 10.0. The van der Waals surface area contributed by atoms with E-state index in [2.05, 4.69) is 48.1 Å². The lowest BCUT2D eigenvalue weighted by Gasteiger charge is -2.15. The Morgan fingerprint density at radius 3 is 2.79 bits per heavy atom. The third-order valence-corrected chi connectivity index (χ3v) is 4.27. The van der Waals surface area contributed by atoms with Crippen LogP contribution in [0.3, 0.4) is 0 Å². The summed E-state index contributed by atoms with van der Waals surface area (Å²) in [5.74, 6) is 0. The van der Waals surface area contributed by atoms with Crippen LogP contribution < -0.4 is 0 Å². The summed E-state index contributed by atoms with van der Waals surface area (Å²) in [7, 11) is 2.01. The van der Waals surface area contributed by atoms with Crippen molar-refractivity contribution in [3.05, 3.63) is 47.8 Å². The van der Waals surface area contributed by atoms with Crippen molar-refractivity contribution in [2.75, 3.05) is 20.2 Å². The molecule has 1 N–H and O–H groups in total. The van der Waals surface area contributed by atoms with E-state index < -0.39 is 0 Å². The van der Waals surface area contributed by atoms with Crippen molar-refractivity contribution in [1.82, 2.24) is 19.7 Å². The van der Waals surface area contributed by atoms with E-state index >= 15 is 0 Å². The zero-order chi connectivity index (χ0) is 17.1. The van der Waals surface area contributed by atoms with Gasteiger partial charge in [0.1, 0.15) is 0 Å². The molecule has 2 heterocycles. The molecule has 5 nitrogen and oxygen atoms in total. The number of nitrogens with zero attached hydrogens (tertiary/aromatic N) is 4. The van der Waals surface area contributed by atoms with Gasteiger partial charge in [0.2, 0.25) is 0 Å². The standard InChI is InChI=1S/C19H24N4O/c1-4-23-13-16(11-20-23)18-9-14(2)17-6-5-15(10-19(17)21-18)12-22(3)7-8-24/h5-6,9-11,13,24H,4,7-8,12H2,1-3H3. The van der Waals surface area contributed by atoms with Crippen LogP contribution in [0.25, 0.3) is 22.2 Å². The summed E-state index contributed by atoms with van der Waals surface area (Å²) in [5, 5.41) is 14.6. The molecule has 0 amide bonds. The van der Waals surface area contributed by atoms with Crippen molar-refractivity contribution in [2.45, 2.75) is 26.9 Å². The summed E-state index contributed by atoms with van der Waals surface area (Å²) in [4.78, 5) is 6.95. The minimum absolute atomic E-state index is 0.174. The number of hydrogen-bond acceptors (Lipinski definition) is 4. The second-order valence-corrected chi connectivity index (χ2v) is 6.22. The highest BCUT2D eigenvalue weighted by molar-refractivity contribution is 5.85. The summed E-state index contributed by atoms with van der Waals surface area (Å²) >= 11 is 0. The van der Waals surface area contributed by atoms with Crippen LogP contribution in [-0.4, -0.2) is 45.0 Å². The topological polar surface area (TPSA) is 54.2 Å². The van der Waals surface area contributed by atoms with E-state index in [-0.39, 0.29) is 6.61 Å². The Balaban J connectivity index is 1.98. The smallest absolute Gasteiger partial charge is 0.0743 e. The predicted octanol–water partition coefficient (Wildman–Crippen LogP) is 2.85. The van der Waals surface area contributed by atoms with Gasteiger partial charge >= 0.3 is 0 Å². The van der Waals surface area contributed by atoms with Crippen LogP contribution in [0.2, 0.25) is 0 Å². The van der Waals surface area contributed by atoms with E-state index in [1.165, 1.54) is 16.5 Å². The monoisotopic (exact) mass is 324 g/mol. The highest BCUT2D eigenvalue weighted by atomic mass is 16.3. The van der Waals surface area contributed by atoms with Crippen molar-refractivity contribution in [2.24, 2.45) is 0 Å². The number of pyridine rings is 1. The predicted molar refractivity (Wildman–Crippen MR) is 96.8 cm³/mol. The molecule has 0 saturated heterocycles. The summed E-state index contributed by atoms with van der Waals surface area (Å²) in [5.41, 5.74) is 5.43. The zero-order valence-corrected chi connectivity index (χ0v) is 14.5. The van der Waals surface area contributed by atoms with Crippen molar-refractivity contribution in [3.63, 3.8) is 0 Å². The number of benzene rings is 1. The molecule has 0 saturated carbocycles. The first kappa shape index (κ1) is 16.6. The molecule has 0 radical (unpaired) electrons. The van der Waals surface area contributed by atoms with E-state index in [4.69, 9.17) is 10.1 Å². The molecule has 0 fully saturated rings. The molecule has 0 aliphatic heterocycles. The highest BCUT2D eigenvalue weighted by Crippen LogP contribution is 2.25. The summed E-state index contributed by atoms with van der Waals surface area (Å²) in [6.07, 6.45) is 3.91. The number of hydrogen-bond donors (Lipinski definition) is 1. The van der Waals surface area contributed by atoms with Crippen LogP contribution in [-0.2, 0) is 13.1 Å². The second-order valence-electron chi connectivity index (χ2n) is 6.22. The minimum Gasteiger partial charge on any atom is -0.395 e. The van der Waals surface area contributed by atoms with Gasteiger partial charge in [-0.3, -0.25) is 9.58 Å². The lowest BCUT2D eigenvalue weighted by Crippen LogP contribution is -2.21. The van der Waals surface area contributed by atoms with Gasteiger partial charge in [-0.15, -0.1) is 0 Å². The molecule has 2 aromatic heterocycles. The Morgan fingerprint density at radius 2 is 2.08 bits per heavy atom. The third-order valence-electron chi connectivity index (χ3n) is 4.27. The molecule has 0 aliphatic rings. The average molecular weight is 324 g/mol. The van der Waals surface area contributed by atoms with Gasteiger partial charge in [0.15, 0.2) is 0 Å². The van der Waals surface area contributed by atoms with E-state index in [9.17, 15) is 0 Å². The first-order valence-corrected chi connectivity index (χ1v) is 8.33. The fraction of sp³-hybridized carbons (Fsp3) is 0.368. The number of aliphatic hydroxyl groups is 1. The highest BCUT2D eigenvalue weighted by Gasteiger charge is 2.08. The second kappa shape index (κ2) is 7.11. The van der Waals surface area contributed by atoms with Crippen molar-refractivity contribution in [1.29, 1.82) is 0 Å². The maximum Gasteiger partial charge on any atom is 0.0743 e. The number of aromatic nitrogens is 3. The molecule has 5 heteroatoms. The third kappa shape index (κ3) is 3.47. The van der Waals surface area contributed by atoms with Crippen molar-refractivity contribution >= 4 is 10.9 Å². The summed E-state index contributed by atoms with van der Waals surface area (Å²) in [6, 6.07) is 8.54. The molecule has 126 valence electrons. The van der Waals surface area contributed by atoms with Gasteiger partial charge in [0.05, 0.1) is 24.0 Å².